The van der Waals surface area contributed by atoms with E-state index in [-0.39, 0.29) is 12.5 Å². The zero-order valence-electron chi connectivity index (χ0n) is 14.2. The molecule has 0 atom stereocenters. The van der Waals surface area contributed by atoms with Crippen LogP contribution in [0.25, 0.3) is 5.82 Å². The fraction of sp³-hybridized carbons (Fsp3) is 0.167. The van der Waals surface area contributed by atoms with Crippen LogP contribution < -0.4 is 10.2 Å². The Hall–Kier alpha value is -3.73. The Balaban J connectivity index is 1.60. The standard InChI is InChI=1S/C18H17N7O/c1-24(16-5-4-14(9-19)10-22-16)12-17(26)23-11-15-3-2-6-21-18(15)25-8-7-20-13-25/h2-8,10,13H,11-12H2,1H3,(H,23,26). The van der Waals surface area contributed by atoms with E-state index in [9.17, 15) is 4.79 Å². The fourth-order valence-corrected chi connectivity index (χ4v) is 2.41. The summed E-state index contributed by atoms with van der Waals surface area (Å²) in [5.41, 5.74) is 1.37. The van der Waals surface area contributed by atoms with Crippen molar-refractivity contribution in [3.63, 3.8) is 0 Å². The third-order valence-electron chi connectivity index (χ3n) is 3.74. The molecule has 0 bridgehead atoms. The van der Waals surface area contributed by atoms with Crippen LogP contribution >= 0.6 is 0 Å². The zero-order valence-corrected chi connectivity index (χ0v) is 14.2. The third kappa shape index (κ3) is 4.02. The summed E-state index contributed by atoms with van der Waals surface area (Å²) in [5.74, 6) is 1.21. The van der Waals surface area contributed by atoms with Crippen LogP contribution in [-0.2, 0) is 11.3 Å². The molecule has 3 heterocycles. The molecule has 26 heavy (non-hydrogen) atoms. The Bertz CT molecular complexity index is 913. The second-order valence-corrected chi connectivity index (χ2v) is 5.61. The van der Waals surface area contributed by atoms with E-state index in [2.05, 4.69) is 20.3 Å². The molecule has 0 saturated carbocycles. The van der Waals surface area contributed by atoms with Gasteiger partial charge in [-0.25, -0.2) is 15.0 Å². The monoisotopic (exact) mass is 347 g/mol. The van der Waals surface area contributed by atoms with E-state index in [1.165, 1.54) is 6.20 Å². The van der Waals surface area contributed by atoms with Crippen molar-refractivity contribution >= 4 is 11.7 Å². The minimum absolute atomic E-state index is 0.140. The van der Waals surface area contributed by atoms with Crippen LogP contribution in [0.15, 0.2) is 55.4 Å². The van der Waals surface area contributed by atoms with Gasteiger partial charge >= 0.3 is 0 Å². The SMILES string of the molecule is CN(CC(=O)NCc1cccnc1-n1ccnc1)c1ccc(C#N)cn1. The Kier molecular flexibility index (Phi) is 5.19. The quantitative estimate of drug-likeness (QED) is 0.721. The number of aromatic nitrogens is 4. The van der Waals surface area contributed by atoms with Crippen LogP contribution in [0.4, 0.5) is 5.82 Å². The highest BCUT2D eigenvalue weighted by atomic mass is 16.2. The van der Waals surface area contributed by atoms with Gasteiger partial charge < -0.3 is 10.2 Å². The highest BCUT2D eigenvalue weighted by Gasteiger charge is 2.10. The molecule has 130 valence electrons. The average Bonchev–Trinajstić information content (AvgIpc) is 3.21. The van der Waals surface area contributed by atoms with Crippen LogP contribution in [0.2, 0.25) is 0 Å². The minimum atomic E-state index is -0.140. The maximum absolute atomic E-state index is 12.2. The maximum atomic E-state index is 12.2. The van der Waals surface area contributed by atoms with Gasteiger partial charge in [-0.15, -0.1) is 0 Å². The van der Waals surface area contributed by atoms with E-state index in [0.29, 0.717) is 17.9 Å². The molecule has 8 nitrogen and oxygen atoms in total. The van der Waals surface area contributed by atoms with Gasteiger partial charge in [0.1, 0.15) is 24.0 Å². The van der Waals surface area contributed by atoms with Crippen molar-refractivity contribution in [1.82, 2.24) is 24.8 Å². The van der Waals surface area contributed by atoms with Crippen LogP contribution in [-0.4, -0.2) is 39.0 Å². The molecular weight excluding hydrogens is 330 g/mol. The number of pyridine rings is 2. The molecule has 0 aliphatic heterocycles. The van der Waals surface area contributed by atoms with Crippen molar-refractivity contribution in [2.24, 2.45) is 0 Å². The average molecular weight is 347 g/mol. The number of nitrogens with zero attached hydrogens (tertiary/aromatic N) is 6. The lowest BCUT2D eigenvalue weighted by molar-refractivity contribution is -0.119. The number of carbonyl (C=O) groups is 1. The van der Waals surface area contributed by atoms with Crippen molar-refractivity contribution in [3.05, 3.63) is 66.5 Å². The van der Waals surface area contributed by atoms with Crippen LogP contribution in [0.3, 0.4) is 0 Å². The summed E-state index contributed by atoms with van der Waals surface area (Å²) in [6, 6.07) is 9.14. The molecule has 3 rings (SSSR count). The van der Waals surface area contributed by atoms with Crippen LogP contribution in [0.5, 0.6) is 0 Å². The lowest BCUT2D eigenvalue weighted by Crippen LogP contribution is -2.35. The van der Waals surface area contributed by atoms with Crippen molar-refractivity contribution in [3.8, 4) is 11.9 Å². The summed E-state index contributed by atoms with van der Waals surface area (Å²) >= 11 is 0. The number of hydrogen-bond acceptors (Lipinski definition) is 6. The molecular formula is C18H17N7O. The predicted molar refractivity (Wildman–Crippen MR) is 95.4 cm³/mol. The zero-order chi connectivity index (χ0) is 18.4. The predicted octanol–water partition coefficient (Wildman–Crippen LogP) is 1.29. The molecule has 0 unspecified atom stereocenters. The molecule has 1 N–H and O–H groups in total. The molecule has 0 spiro atoms. The first-order valence-corrected chi connectivity index (χ1v) is 7.93. The van der Waals surface area contributed by atoms with Gasteiger partial charge in [0, 0.05) is 43.9 Å². The van der Waals surface area contributed by atoms with Gasteiger partial charge in [0.2, 0.25) is 5.91 Å². The summed E-state index contributed by atoms with van der Waals surface area (Å²) in [7, 11) is 1.77. The number of likely N-dealkylation sites (N-methyl/N-ethyl adjacent to an activating group) is 1. The van der Waals surface area contributed by atoms with Gasteiger partial charge in [0.25, 0.3) is 0 Å². The number of nitriles is 1. The van der Waals surface area contributed by atoms with Crippen molar-refractivity contribution in [2.45, 2.75) is 6.54 Å². The molecule has 1 amide bonds. The van der Waals surface area contributed by atoms with E-state index in [1.54, 1.807) is 53.6 Å². The Morgan fingerprint density at radius 1 is 1.31 bits per heavy atom. The van der Waals surface area contributed by atoms with Gasteiger partial charge in [-0.2, -0.15) is 5.26 Å². The third-order valence-corrected chi connectivity index (χ3v) is 3.74. The van der Waals surface area contributed by atoms with Crippen molar-refractivity contribution in [2.75, 3.05) is 18.5 Å². The summed E-state index contributed by atoms with van der Waals surface area (Å²) in [5, 5.41) is 11.7. The first kappa shape index (κ1) is 17.1. The fourth-order valence-electron chi connectivity index (χ4n) is 2.41. The summed E-state index contributed by atoms with van der Waals surface area (Å²) in [4.78, 5) is 26.5. The van der Waals surface area contributed by atoms with E-state index >= 15 is 0 Å². The highest BCUT2D eigenvalue weighted by molar-refractivity contribution is 5.80. The molecule has 0 radical (unpaired) electrons. The molecule has 0 aromatic carbocycles. The van der Waals surface area contributed by atoms with Gasteiger partial charge in [-0.1, -0.05) is 6.07 Å². The van der Waals surface area contributed by atoms with Crippen molar-refractivity contribution in [1.29, 1.82) is 5.26 Å². The van der Waals surface area contributed by atoms with Gasteiger partial charge in [-0.3, -0.25) is 9.36 Å². The lowest BCUT2D eigenvalue weighted by atomic mass is 10.2. The number of carbonyl (C=O) groups excluding carboxylic acids is 1. The second kappa shape index (κ2) is 7.90. The minimum Gasteiger partial charge on any atom is -0.350 e. The number of rotatable bonds is 6. The first-order chi connectivity index (χ1) is 12.7. The number of hydrogen-bond donors (Lipinski definition) is 1. The van der Waals surface area contributed by atoms with Crippen LogP contribution in [0.1, 0.15) is 11.1 Å². The molecule has 3 aromatic heterocycles. The molecule has 3 aromatic rings. The largest absolute Gasteiger partial charge is 0.350 e. The van der Waals surface area contributed by atoms with E-state index < -0.39 is 0 Å². The van der Waals surface area contributed by atoms with Gasteiger partial charge in [-0.05, 0) is 18.2 Å². The number of imidazole rings is 1. The topological polar surface area (TPSA) is 99.7 Å². The van der Waals surface area contributed by atoms with Crippen LogP contribution in [0, 0.1) is 11.3 Å². The molecule has 8 heteroatoms. The van der Waals surface area contributed by atoms with Gasteiger partial charge in [0.05, 0.1) is 12.1 Å². The van der Waals surface area contributed by atoms with Crippen molar-refractivity contribution < 1.29 is 4.79 Å². The summed E-state index contributed by atoms with van der Waals surface area (Å²) < 4.78 is 1.80. The van der Waals surface area contributed by atoms with Gasteiger partial charge in [0.15, 0.2) is 0 Å². The number of amides is 1. The molecule has 0 fully saturated rings. The summed E-state index contributed by atoms with van der Waals surface area (Å²) in [6.07, 6.45) is 8.33. The number of nitrogens with one attached hydrogen (secondary N) is 1. The second-order valence-electron chi connectivity index (χ2n) is 5.61. The molecule has 0 aliphatic carbocycles. The Morgan fingerprint density at radius 3 is 2.88 bits per heavy atom. The lowest BCUT2D eigenvalue weighted by Gasteiger charge is -2.18. The Labute approximate surface area is 150 Å². The molecule has 0 saturated heterocycles. The van der Waals surface area contributed by atoms with E-state index in [0.717, 1.165) is 11.4 Å². The summed E-state index contributed by atoms with van der Waals surface area (Å²) in [6.45, 7) is 0.508. The highest BCUT2D eigenvalue weighted by Crippen LogP contribution is 2.11. The first-order valence-electron chi connectivity index (χ1n) is 7.93. The normalized spacial score (nSPS) is 10.2. The van der Waals surface area contributed by atoms with E-state index in [1.807, 2.05) is 18.2 Å². The maximum Gasteiger partial charge on any atom is 0.239 e. The Morgan fingerprint density at radius 2 is 2.19 bits per heavy atom. The smallest absolute Gasteiger partial charge is 0.239 e. The van der Waals surface area contributed by atoms with E-state index in [4.69, 9.17) is 5.26 Å². The molecule has 0 aliphatic rings. The number of anilines is 1.